The van der Waals surface area contributed by atoms with E-state index in [2.05, 4.69) is 4.90 Å². The summed E-state index contributed by atoms with van der Waals surface area (Å²) >= 11 is 0. The SMILES string of the molecule is CC[C@H](C(=O)O)N1CCC(OC[C@H]2CCCCO2)CC1. The zero-order chi connectivity index (χ0) is 14.4. The summed E-state index contributed by atoms with van der Waals surface area (Å²) in [5.74, 6) is -0.706. The summed E-state index contributed by atoms with van der Waals surface area (Å²) in [5, 5.41) is 9.18. The molecule has 0 saturated carbocycles. The lowest BCUT2D eigenvalue weighted by Gasteiger charge is -2.35. The van der Waals surface area contributed by atoms with E-state index < -0.39 is 5.97 Å². The first-order valence-corrected chi connectivity index (χ1v) is 7.90. The van der Waals surface area contributed by atoms with Crippen molar-refractivity contribution < 1.29 is 19.4 Å². The van der Waals surface area contributed by atoms with Crippen LogP contribution in [0.1, 0.15) is 45.4 Å². The molecule has 2 heterocycles. The van der Waals surface area contributed by atoms with E-state index in [0.717, 1.165) is 39.0 Å². The molecule has 20 heavy (non-hydrogen) atoms. The van der Waals surface area contributed by atoms with Crippen molar-refractivity contribution >= 4 is 5.97 Å². The van der Waals surface area contributed by atoms with Crippen LogP contribution in [-0.2, 0) is 14.3 Å². The predicted molar refractivity (Wildman–Crippen MR) is 75.9 cm³/mol. The fraction of sp³-hybridized carbons (Fsp3) is 0.933. The molecule has 0 aromatic rings. The van der Waals surface area contributed by atoms with Gasteiger partial charge in [0.05, 0.1) is 18.8 Å². The van der Waals surface area contributed by atoms with Crippen molar-refractivity contribution in [1.29, 1.82) is 0 Å². The van der Waals surface area contributed by atoms with Crippen molar-refractivity contribution in [2.24, 2.45) is 0 Å². The number of likely N-dealkylation sites (tertiary alicyclic amines) is 1. The molecule has 0 radical (unpaired) electrons. The van der Waals surface area contributed by atoms with Crippen molar-refractivity contribution in [3.05, 3.63) is 0 Å². The maximum absolute atomic E-state index is 11.2. The first-order chi connectivity index (χ1) is 9.70. The molecular formula is C15H27NO4. The van der Waals surface area contributed by atoms with Gasteiger partial charge in [0.25, 0.3) is 0 Å². The van der Waals surface area contributed by atoms with E-state index in [1.165, 1.54) is 12.8 Å². The molecule has 5 nitrogen and oxygen atoms in total. The van der Waals surface area contributed by atoms with Gasteiger partial charge in [-0.3, -0.25) is 9.69 Å². The molecule has 5 heteroatoms. The fourth-order valence-corrected chi connectivity index (χ4v) is 3.13. The third-order valence-corrected chi connectivity index (χ3v) is 4.38. The molecule has 0 unspecified atom stereocenters. The lowest BCUT2D eigenvalue weighted by molar-refractivity contribution is -0.145. The van der Waals surface area contributed by atoms with Crippen molar-refractivity contribution in [1.82, 2.24) is 4.90 Å². The lowest BCUT2D eigenvalue weighted by Crippen LogP contribution is -2.47. The van der Waals surface area contributed by atoms with Gasteiger partial charge in [-0.25, -0.2) is 0 Å². The molecule has 2 atom stereocenters. The van der Waals surface area contributed by atoms with Gasteiger partial charge in [0.1, 0.15) is 6.04 Å². The number of carbonyl (C=O) groups is 1. The summed E-state index contributed by atoms with van der Waals surface area (Å²) in [6.45, 7) is 5.13. The zero-order valence-electron chi connectivity index (χ0n) is 12.4. The van der Waals surface area contributed by atoms with Gasteiger partial charge in [0, 0.05) is 19.7 Å². The molecule has 116 valence electrons. The molecule has 1 N–H and O–H groups in total. The van der Waals surface area contributed by atoms with Crippen LogP contribution < -0.4 is 0 Å². The lowest BCUT2D eigenvalue weighted by atomic mass is 10.0. The third kappa shape index (κ3) is 4.43. The maximum atomic E-state index is 11.2. The van der Waals surface area contributed by atoms with Gasteiger partial charge in [0.15, 0.2) is 0 Å². The second-order valence-electron chi connectivity index (χ2n) is 5.82. The largest absolute Gasteiger partial charge is 0.480 e. The molecule has 0 aliphatic carbocycles. The van der Waals surface area contributed by atoms with Crippen LogP contribution in [0.3, 0.4) is 0 Å². The van der Waals surface area contributed by atoms with E-state index in [-0.39, 0.29) is 18.2 Å². The third-order valence-electron chi connectivity index (χ3n) is 4.38. The molecule has 2 rings (SSSR count). The molecule has 0 aromatic carbocycles. The molecule has 0 aromatic heterocycles. The number of rotatable bonds is 6. The van der Waals surface area contributed by atoms with Crippen molar-refractivity contribution in [3.8, 4) is 0 Å². The number of carboxylic acid groups (broad SMARTS) is 1. The minimum Gasteiger partial charge on any atom is -0.480 e. The number of ether oxygens (including phenoxy) is 2. The highest BCUT2D eigenvalue weighted by Gasteiger charge is 2.29. The van der Waals surface area contributed by atoms with Crippen LogP contribution in [0, 0.1) is 0 Å². The van der Waals surface area contributed by atoms with Crippen molar-refractivity contribution in [2.45, 2.75) is 63.7 Å². The Hall–Kier alpha value is -0.650. The number of hydrogen-bond acceptors (Lipinski definition) is 4. The zero-order valence-corrected chi connectivity index (χ0v) is 12.4. The Morgan fingerprint density at radius 1 is 1.35 bits per heavy atom. The van der Waals surface area contributed by atoms with Crippen LogP contribution in [0.25, 0.3) is 0 Å². The minimum absolute atomic E-state index is 0.267. The fourth-order valence-electron chi connectivity index (χ4n) is 3.13. The van der Waals surface area contributed by atoms with Gasteiger partial charge >= 0.3 is 5.97 Å². The normalized spacial score (nSPS) is 27.4. The van der Waals surface area contributed by atoms with Gasteiger partial charge in [-0.2, -0.15) is 0 Å². The van der Waals surface area contributed by atoms with Crippen LogP contribution in [0.2, 0.25) is 0 Å². The van der Waals surface area contributed by atoms with E-state index in [4.69, 9.17) is 9.47 Å². The Morgan fingerprint density at radius 2 is 2.10 bits per heavy atom. The summed E-state index contributed by atoms with van der Waals surface area (Å²) in [7, 11) is 0. The monoisotopic (exact) mass is 285 g/mol. The van der Waals surface area contributed by atoms with E-state index in [9.17, 15) is 9.90 Å². The standard InChI is InChI=1S/C15H27NO4/c1-2-14(15(17)18)16-8-6-12(7-9-16)20-11-13-5-3-4-10-19-13/h12-14H,2-11H2,1H3,(H,17,18)/t13-,14-/m1/s1. The van der Waals surface area contributed by atoms with Crippen LogP contribution in [-0.4, -0.2) is 60.5 Å². The van der Waals surface area contributed by atoms with Crippen molar-refractivity contribution in [3.63, 3.8) is 0 Å². The molecular weight excluding hydrogens is 258 g/mol. The van der Waals surface area contributed by atoms with Gasteiger partial charge < -0.3 is 14.6 Å². The second-order valence-corrected chi connectivity index (χ2v) is 5.82. The van der Waals surface area contributed by atoms with E-state index in [0.29, 0.717) is 13.0 Å². The van der Waals surface area contributed by atoms with Crippen LogP contribution >= 0.6 is 0 Å². The molecule has 0 bridgehead atoms. The highest BCUT2D eigenvalue weighted by molar-refractivity contribution is 5.73. The molecule has 0 amide bonds. The Kier molecular flexibility index (Phi) is 6.26. The van der Waals surface area contributed by atoms with Gasteiger partial charge in [-0.15, -0.1) is 0 Å². The summed E-state index contributed by atoms with van der Waals surface area (Å²) < 4.78 is 11.6. The molecule has 2 saturated heterocycles. The Labute approximate surface area is 121 Å². The number of carboxylic acids is 1. The number of piperidine rings is 1. The van der Waals surface area contributed by atoms with Crippen LogP contribution in [0.4, 0.5) is 0 Å². The summed E-state index contributed by atoms with van der Waals surface area (Å²) in [6, 6.07) is -0.336. The summed E-state index contributed by atoms with van der Waals surface area (Å²) in [5.41, 5.74) is 0. The molecule has 2 aliphatic heterocycles. The summed E-state index contributed by atoms with van der Waals surface area (Å²) in [4.78, 5) is 13.2. The van der Waals surface area contributed by atoms with E-state index in [1.807, 2.05) is 6.92 Å². The average Bonchev–Trinajstić information content (AvgIpc) is 2.48. The topological polar surface area (TPSA) is 59.0 Å². The van der Waals surface area contributed by atoms with E-state index >= 15 is 0 Å². The number of aliphatic carboxylic acids is 1. The Bertz CT molecular complexity index is 296. The quantitative estimate of drug-likeness (QED) is 0.807. The first-order valence-electron chi connectivity index (χ1n) is 7.90. The highest BCUT2D eigenvalue weighted by Crippen LogP contribution is 2.19. The molecule has 0 spiro atoms. The number of hydrogen-bond donors (Lipinski definition) is 1. The Morgan fingerprint density at radius 3 is 2.65 bits per heavy atom. The van der Waals surface area contributed by atoms with E-state index in [1.54, 1.807) is 0 Å². The average molecular weight is 285 g/mol. The minimum atomic E-state index is -0.706. The highest BCUT2D eigenvalue weighted by atomic mass is 16.5. The first kappa shape index (κ1) is 15.7. The number of nitrogens with zero attached hydrogens (tertiary/aromatic N) is 1. The smallest absolute Gasteiger partial charge is 0.320 e. The van der Waals surface area contributed by atoms with Crippen LogP contribution in [0.5, 0.6) is 0 Å². The van der Waals surface area contributed by atoms with Gasteiger partial charge in [-0.1, -0.05) is 6.92 Å². The van der Waals surface area contributed by atoms with Gasteiger partial charge in [-0.05, 0) is 38.5 Å². The molecule has 2 fully saturated rings. The van der Waals surface area contributed by atoms with Crippen LogP contribution in [0.15, 0.2) is 0 Å². The predicted octanol–water partition coefficient (Wildman–Crippen LogP) is 1.90. The van der Waals surface area contributed by atoms with Gasteiger partial charge in [0.2, 0.25) is 0 Å². The summed E-state index contributed by atoms with van der Waals surface area (Å²) in [6.07, 6.45) is 6.57. The molecule has 2 aliphatic rings. The van der Waals surface area contributed by atoms with Crippen molar-refractivity contribution in [2.75, 3.05) is 26.3 Å². The second kappa shape index (κ2) is 7.96. The Balaban J connectivity index is 1.67. The maximum Gasteiger partial charge on any atom is 0.320 e.